The third-order valence-corrected chi connectivity index (χ3v) is 5.80. The minimum Gasteiger partial charge on any atom is -0.372 e. The second-order valence-corrected chi connectivity index (χ2v) is 7.19. The summed E-state index contributed by atoms with van der Waals surface area (Å²) >= 11 is 1.70. The number of hydrogen-bond donors (Lipinski definition) is 1. The van der Waals surface area contributed by atoms with E-state index in [0.29, 0.717) is 0 Å². The van der Waals surface area contributed by atoms with E-state index in [2.05, 4.69) is 41.4 Å². The molecule has 0 radical (unpaired) electrons. The van der Waals surface area contributed by atoms with Gasteiger partial charge in [0.1, 0.15) is 0 Å². The van der Waals surface area contributed by atoms with Crippen LogP contribution < -0.4 is 10.3 Å². The van der Waals surface area contributed by atoms with Crippen LogP contribution in [-0.2, 0) is 12.8 Å². The van der Waals surface area contributed by atoms with Crippen molar-refractivity contribution >= 4 is 29.1 Å². The zero-order chi connectivity index (χ0) is 17.6. The van der Waals surface area contributed by atoms with E-state index in [0.717, 1.165) is 37.1 Å². The fourth-order valence-corrected chi connectivity index (χ4v) is 4.40. The highest BCUT2D eigenvalue weighted by Gasteiger charge is 2.19. The summed E-state index contributed by atoms with van der Waals surface area (Å²) < 4.78 is 0. The van der Waals surface area contributed by atoms with Crippen molar-refractivity contribution in [3.8, 4) is 0 Å². The molecule has 1 aliphatic carbocycles. The molecule has 0 atom stereocenters. The molecular formula is C20H25N3OS. The first kappa shape index (κ1) is 17.7. The van der Waals surface area contributed by atoms with Gasteiger partial charge in [-0.3, -0.25) is 4.79 Å². The van der Waals surface area contributed by atoms with Crippen molar-refractivity contribution in [1.29, 1.82) is 0 Å². The Bertz CT molecular complexity index is 745. The molecule has 1 heterocycles. The van der Waals surface area contributed by atoms with E-state index in [4.69, 9.17) is 0 Å². The Morgan fingerprint density at radius 2 is 1.92 bits per heavy atom. The van der Waals surface area contributed by atoms with Crippen LogP contribution in [0.15, 0.2) is 34.7 Å². The Morgan fingerprint density at radius 1 is 1.20 bits per heavy atom. The maximum Gasteiger partial charge on any atom is 0.272 e. The molecule has 0 unspecified atom stereocenters. The van der Waals surface area contributed by atoms with Gasteiger partial charge in [-0.15, -0.1) is 11.3 Å². The smallest absolute Gasteiger partial charge is 0.272 e. The van der Waals surface area contributed by atoms with E-state index >= 15 is 0 Å². The molecule has 1 aromatic carbocycles. The number of nitrogens with zero attached hydrogens (tertiary/aromatic N) is 2. The molecule has 5 heteroatoms. The molecule has 1 aromatic heterocycles. The van der Waals surface area contributed by atoms with Gasteiger partial charge in [0.15, 0.2) is 0 Å². The average molecular weight is 356 g/mol. The van der Waals surface area contributed by atoms with Crippen LogP contribution in [0.25, 0.3) is 0 Å². The minimum absolute atomic E-state index is 0.101. The average Bonchev–Trinajstić information content (AvgIpc) is 3.08. The summed E-state index contributed by atoms with van der Waals surface area (Å²) in [6.07, 6.45) is 6.22. The van der Waals surface area contributed by atoms with Crippen molar-refractivity contribution in [2.24, 2.45) is 5.10 Å². The van der Waals surface area contributed by atoms with Crippen molar-refractivity contribution in [3.05, 3.63) is 51.2 Å². The standard InChI is InChI=1S/C20H25N3OS/c1-3-23(4-2)16-11-9-15(10-12-16)13-21-22-20(24)18-14-25-19-8-6-5-7-17(18)19/h9-14H,3-8H2,1-2H3,(H,22,24). The predicted molar refractivity (Wildman–Crippen MR) is 106 cm³/mol. The van der Waals surface area contributed by atoms with Crippen LogP contribution in [0.2, 0.25) is 0 Å². The van der Waals surface area contributed by atoms with Gasteiger partial charge in [-0.05, 0) is 62.8 Å². The molecule has 1 amide bonds. The summed E-state index contributed by atoms with van der Waals surface area (Å²) in [6, 6.07) is 8.22. The lowest BCUT2D eigenvalue weighted by Crippen LogP contribution is -2.21. The normalized spacial score (nSPS) is 13.7. The maximum absolute atomic E-state index is 12.4. The maximum atomic E-state index is 12.4. The van der Waals surface area contributed by atoms with Crippen molar-refractivity contribution in [3.63, 3.8) is 0 Å². The molecular weight excluding hydrogens is 330 g/mol. The van der Waals surface area contributed by atoms with Crippen LogP contribution in [0.4, 0.5) is 5.69 Å². The van der Waals surface area contributed by atoms with E-state index in [1.165, 1.54) is 29.0 Å². The fraction of sp³-hybridized carbons (Fsp3) is 0.400. The molecule has 0 fully saturated rings. The van der Waals surface area contributed by atoms with Gasteiger partial charge in [-0.25, -0.2) is 5.43 Å². The molecule has 1 N–H and O–H groups in total. The van der Waals surface area contributed by atoms with Crippen molar-refractivity contribution < 1.29 is 4.79 Å². The number of aryl methyl sites for hydroxylation is 1. The van der Waals surface area contributed by atoms with Gasteiger partial charge in [0.25, 0.3) is 5.91 Å². The number of fused-ring (bicyclic) bond motifs is 1. The molecule has 132 valence electrons. The second kappa shape index (κ2) is 8.30. The van der Waals surface area contributed by atoms with Crippen LogP contribution in [0.3, 0.4) is 0 Å². The molecule has 0 saturated heterocycles. The Morgan fingerprint density at radius 3 is 2.64 bits per heavy atom. The molecule has 4 nitrogen and oxygen atoms in total. The van der Waals surface area contributed by atoms with E-state index in [9.17, 15) is 4.79 Å². The number of nitrogens with one attached hydrogen (secondary N) is 1. The zero-order valence-corrected chi connectivity index (χ0v) is 15.7. The van der Waals surface area contributed by atoms with Gasteiger partial charge < -0.3 is 4.90 Å². The van der Waals surface area contributed by atoms with Crippen molar-refractivity contribution in [2.75, 3.05) is 18.0 Å². The van der Waals surface area contributed by atoms with Gasteiger partial charge in [0, 0.05) is 29.0 Å². The highest BCUT2D eigenvalue weighted by atomic mass is 32.1. The van der Waals surface area contributed by atoms with Crippen LogP contribution >= 0.6 is 11.3 Å². The first-order chi connectivity index (χ1) is 12.2. The first-order valence-corrected chi connectivity index (χ1v) is 9.88. The van der Waals surface area contributed by atoms with Crippen LogP contribution in [-0.4, -0.2) is 25.2 Å². The number of hydrazone groups is 1. The van der Waals surface area contributed by atoms with Gasteiger partial charge in [-0.2, -0.15) is 5.10 Å². The SMILES string of the molecule is CCN(CC)c1ccc(C=NNC(=O)c2csc3c2CCCC3)cc1. The number of carbonyl (C=O) groups is 1. The van der Waals surface area contributed by atoms with Crippen LogP contribution in [0, 0.1) is 0 Å². The Kier molecular flexibility index (Phi) is 5.87. The van der Waals surface area contributed by atoms with Gasteiger partial charge >= 0.3 is 0 Å². The number of carbonyl (C=O) groups excluding carboxylic acids is 1. The van der Waals surface area contributed by atoms with E-state index in [1.54, 1.807) is 17.6 Å². The number of amides is 1. The Hall–Kier alpha value is -2.14. The summed E-state index contributed by atoms with van der Waals surface area (Å²) in [5.41, 5.74) is 6.88. The number of thiophene rings is 1. The predicted octanol–water partition coefficient (Wildman–Crippen LogP) is 4.24. The molecule has 0 spiro atoms. The highest BCUT2D eigenvalue weighted by molar-refractivity contribution is 7.10. The topological polar surface area (TPSA) is 44.7 Å². The monoisotopic (exact) mass is 355 g/mol. The minimum atomic E-state index is -0.101. The summed E-state index contributed by atoms with van der Waals surface area (Å²) in [5, 5.41) is 6.10. The molecule has 2 aromatic rings. The lowest BCUT2D eigenvalue weighted by atomic mass is 9.96. The number of hydrogen-bond acceptors (Lipinski definition) is 4. The summed E-state index contributed by atoms with van der Waals surface area (Å²) in [4.78, 5) is 16.0. The summed E-state index contributed by atoms with van der Waals surface area (Å²) in [5.74, 6) is -0.101. The fourth-order valence-electron chi connectivity index (χ4n) is 3.27. The van der Waals surface area contributed by atoms with Crippen LogP contribution in [0.5, 0.6) is 0 Å². The Labute approximate surface area is 153 Å². The highest BCUT2D eigenvalue weighted by Crippen LogP contribution is 2.30. The summed E-state index contributed by atoms with van der Waals surface area (Å²) in [6.45, 7) is 6.28. The largest absolute Gasteiger partial charge is 0.372 e. The van der Waals surface area contributed by atoms with Crippen LogP contribution in [0.1, 0.15) is 53.1 Å². The molecule has 25 heavy (non-hydrogen) atoms. The quantitative estimate of drug-likeness (QED) is 0.622. The lowest BCUT2D eigenvalue weighted by molar-refractivity contribution is 0.0954. The zero-order valence-electron chi connectivity index (χ0n) is 14.9. The molecule has 3 rings (SSSR count). The van der Waals surface area contributed by atoms with E-state index in [-0.39, 0.29) is 5.91 Å². The third-order valence-electron chi connectivity index (χ3n) is 4.71. The number of anilines is 1. The van der Waals surface area contributed by atoms with Gasteiger partial charge in [-0.1, -0.05) is 12.1 Å². The van der Waals surface area contributed by atoms with E-state index < -0.39 is 0 Å². The van der Waals surface area contributed by atoms with Gasteiger partial charge in [0.2, 0.25) is 0 Å². The van der Waals surface area contributed by atoms with E-state index in [1.807, 2.05) is 17.5 Å². The van der Waals surface area contributed by atoms with Crippen molar-refractivity contribution in [2.45, 2.75) is 39.5 Å². The first-order valence-electron chi connectivity index (χ1n) is 9.00. The second-order valence-electron chi connectivity index (χ2n) is 6.22. The third kappa shape index (κ3) is 4.10. The number of benzene rings is 1. The molecule has 0 bridgehead atoms. The lowest BCUT2D eigenvalue weighted by Gasteiger charge is -2.20. The van der Waals surface area contributed by atoms with Gasteiger partial charge in [0.05, 0.1) is 11.8 Å². The Balaban J connectivity index is 1.61. The molecule has 0 saturated carbocycles. The van der Waals surface area contributed by atoms with Crippen molar-refractivity contribution in [1.82, 2.24) is 5.43 Å². The summed E-state index contributed by atoms with van der Waals surface area (Å²) in [7, 11) is 0. The molecule has 0 aliphatic heterocycles. The molecule has 1 aliphatic rings. The number of rotatable bonds is 6.